The molecule has 2 aromatic carbocycles. The smallest absolute Gasteiger partial charge is 0.255 e. The fraction of sp³-hybridized carbons (Fsp3) is 0.182. The number of hydrogen-bond donors (Lipinski definition) is 1. The summed E-state index contributed by atoms with van der Waals surface area (Å²) in [5.74, 6) is -1.28. The highest BCUT2D eigenvalue weighted by Gasteiger charge is 2.19. The summed E-state index contributed by atoms with van der Waals surface area (Å²) in [5.41, 5.74) is 1.49. The van der Waals surface area contributed by atoms with E-state index in [0.29, 0.717) is 11.4 Å². The Morgan fingerprint density at radius 1 is 0.897 bits per heavy atom. The molecule has 5 nitrogen and oxygen atoms in total. The highest BCUT2D eigenvalue weighted by Crippen LogP contribution is 2.21. The van der Waals surface area contributed by atoms with Crippen LogP contribution < -0.4 is 15.1 Å². The molecule has 0 unspecified atom stereocenters. The van der Waals surface area contributed by atoms with Gasteiger partial charge in [0.05, 0.1) is 5.69 Å². The Bertz CT molecular complexity index is 1000. The SMILES string of the molecule is O=C(Nc1ccc(F)cc1F)c1ccnc(N2CCN(c3ccccc3)CC2)c1. The van der Waals surface area contributed by atoms with Crippen molar-refractivity contribution in [3.8, 4) is 0 Å². The minimum Gasteiger partial charge on any atom is -0.368 e. The van der Waals surface area contributed by atoms with E-state index in [9.17, 15) is 13.6 Å². The van der Waals surface area contributed by atoms with E-state index in [2.05, 4.69) is 32.2 Å². The molecule has 0 aliphatic carbocycles. The van der Waals surface area contributed by atoms with Gasteiger partial charge in [0.1, 0.15) is 17.5 Å². The van der Waals surface area contributed by atoms with Crippen LogP contribution in [0.3, 0.4) is 0 Å². The first-order chi connectivity index (χ1) is 14.1. The van der Waals surface area contributed by atoms with Gasteiger partial charge in [0.15, 0.2) is 0 Å². The molecule has 0 saturated carbocycles. The summed E-state index contributed by atoms with van der Waals surface area (Å²) < 4.78 is 26.8. The summed E-state index contributed by atoms with van der Waals surface area (Å²) in [6.07, 6.45) is 1.56. The Morgan fingerprint density at radius 3 is 2.34 bits per heavy atom. The summed E-state index contributed by atoms with van der Waals surface area (Å²) >= 11 is 0. The number of halogens is 2. The summed E-state index contributed by atoms with van der Waals surface area (Å²) in [6.45, 7) is 3.25. The standard InChI is InChI=1S/C22H20F2N4O/c23-17-6-7-20(19(24)15-17)26-22(29)16-8-9-25-21(14-16)28-12-10-27(11-13-28)18-4-2-1-3-5-18/h1-9,14-15H,10-13H2,(H,26,29). The van der Waals surface area contributed by atoms with E-state index in [1.54, 1.807) is 18.3 Å². The molecule has 3 aromatic rings. The zero-order valence-corrected chi connectivity index (χ0v) is 15.7. The zero-order chi connectivity index (χ0) is 20.2. The molecule has 1 aliphatic heterocycles. The second kappa shape index (κ2) is 8.26. The summed E-state index contributed by atoms with van der Waals surface area (Å²) in [4.78, 5) is 21.3. The van der Waals surface area contributed by atoms with Crippen LogP contribution in [0.1, 0.15) is 10.4 Å². The summed E-state index contributed by atoms with van der Waals surface area (Å²) in [5, 5.41) is 2.48. The molecular weight excluding hydrogens is 374 g/mol. The predicted octanol–water partition coefficient (Wildman–Crippen LogP) is 3.94. The summed E-state index contributed by atoms with van der Waals surface area (Å²) in [7, 11) is 0. The molecule has 0 radical (unpaired) electrons. The van der Waals surface area contributed by atoms with Crippen LogP contribution in [0, 0.1) is 11.6 Å². The Labute approximate surface area is 167 Å². The molecule has 1 saturated heterocycles. The first-order valence-electron chi connectivity index (χ1n) is 9.37. The molecule has 1 aliphatic rings. The van der Waals surface area contributed by atoms with Gasteiger partial charge in [-0.05, 0) is 36.4 Å². The third kappa shape index (κ3) is 4.34. The summed E-state index contributed by atoms with van der Waals surface area (Å²) in [6, 6.07) is 16.5. The van der Waals surface area contributed by atoms with Crippen LogP contribution in [0.15, 0.2) is 66.9 Å². The molecule has 1 aromatic heterocycles. The average molecular weight is 394 g/mol. The Kier molecular flexibility index (Phi) is 5.37. The number of para-hydroxylation sites is 1. The topological polar surface area (TPSA) is 48.5 Å². The number of carbonyl (C=O) groups is 1. The van der Waals surface area contributed by atoms with Gasteiger partial charge in [-0.2, -0.15) is 0 Å². The molecule has 0 atom stereocenters. The van der Waals surface area contributed by atoms with E-state index in [-0.39, 0.29) is 5.69 Å². The molecule has 1 fully saturated rings. The molecule has 29 heavy (non-hydrogen) atoms. The Hall–Kier alpha value is -3.48. The van der Waals surface area contributed by atoms with E-state index in [1.807, 2.05) is 18.2 Å². The number of pyridine rings is 1. The molecule has 7 heteroatoms. The minimum atomic E-state index is -0.815. The van der Waals surface area contributed by atoms with Crippen LogP contribution in [-0.4, -0.2) is 37.1 Å². The van der Waals surface area contributed by atoms with Gasteiger partial charge < -0.3 is 15.1 Å². The Balaban J connectivity index is 1.43. The van der Waals surface area contributed by atoms with E-state index in [1.165, 1.54) is 11.8 Å². The number of rotatable bonds is 4. The van der Waals surface area contributed by atoms with Gasteiger partial charge in [-0.3, -0.25) is 4.79 Å². The van der Waals surface area contributed by atoms with E-state index >= 15 is 0 Å². The molecular formula is C22H20F2N4O. The lowest BCUT2D eigenvalue weighted by Crippen LogP contribution is -2.46. The number of carbonyl (C=O) groups excluding carboxylic acids is 1. The van der Waals surface area contributed by atoms with Crippen LogP contribution in [0.4, 0.5) is 26.0 Å². The van der Waals surface area contributed by atoms with Gasteiger partial charge in [-0.15, -0.1) is 0 Å². The number of hydrogen-bond acceptors (Lipinski definition) is 4. The monoisotopic (exact) mass is 394 g/mol. The normalized spacial score (nSPS) is 14.0. The Morgan fingerprint density at radius 2 is 1.62 bits per heavy atom. The van der Waals surface area contributed by atoms with Crippen molar-refractivity contribution in [2.45, 2.75) is 0 Å². The fourth-order valence-electron chi connectivity index (χ4n) is 3.35. The van der Waals surface area contributed by atoms with Gasteiger partial charge in [0, 0.05) is 49.7 Å². The number of amides is 1. The molecule has 148 valence electrons. The predicted molar refractivity (Wildman–Crippen MR) is 109 cm³/mol. The van der Waals surface area contributed by atoms with Gasteiger partial charge in [-0.1, -0.05) is 18.2 Å². The van der Waals surface area contributed by atoms with Crippen molar-refractivity contribution in [1.82, 2.24) is 4.98 Å². The third-order valence-corrected chi connectivity index (χ3v) is 4.91. The van der Waals surface area contributed by atoms with E-state index in [4.69, 9.17) is 0 Å². The first kappa shape index (κ1) is 18.9. The molecule has 2 heterocycles. The van der Waals surface area contributed by atoms with Crippen LogP contribution in [0.5, 0.6) is 0 Å². The van der Waals surface area contributed by atoms with E-state index < -0.39 is 17.5 Å². The maximum Gasteiger partial charge on any atom is 0.255 e. The number of anilines is 3. The maximum absolute atomic E-state index is 13.8. The van der Waals surface area contributed by atoms with Crippen LogP contribution >= 0.6 is 0 Å². The van der Waals surface area contributed by atoms with Crippen LogP contribution in [-0.2, 0) is 0 Å². The average Bonchev–Trinajstić information content (AvgIpc) is 2.76. The lowest BCUT2D eigenvalue weighted by Gasteiger charge is -2.36. The van der Waals surface area contributed by atoms with Crippen molar-refractivity contribution in [1.29, 1.82) is 0 Å². The zero-order valence-electron chi connectivity index (χ0n) is 15.7. The molecule has 1 N–H and O–H groups in total. The number of nitrogens with zero attached hydrogens (tertiary/aromatic N) is 3. The first-order valence-corrected chi connectivity index (χ1v) is 9.37. The van der Waals surface area contributed by atoms with Crippen molar-refractivity contribution in [3.05, 3.63) is 84.1 Å². The van der Waals surface area contributed by atoms with Crippen LogP contribution in [0.2, 0.25) is 0 Å². The van der Waals surface area contributed by atoms with Crippen molar-refractivity contribution in [2.24, 2.45) is 0 Å². The lowest BCUT2D eigenvalue weighted by atomic mass is 10.2. The molecule has 1 amide bonds. The van der Waals surface area contributed by atoms with Crippen molar-refractivity contribution in [3.63, 3.8) is 0 Å². The second-order valence-electron chi connectivity index (χ2n) is 6.79. The van der Waals surface area contributed by atoms with Gasteiger partial charge in [0.2, 0.25) is 0 Å². The minimum absolute atomic E-state index is 0.0637. The van der Waals surface area contributed by atoms with Crippen LogP contribution in [0.25, 0.3) is 0 Å². The van der Waals surface area contributed by atoms with Gasteiger partial charge in [-0.25, -0.2) is 13.8 Å². The number of piperazine rings is 1. The second-order valence-corrected chi connectivity index (χ2v) is 6.79. The van der Waals surface area contributed by atoms with Crippen molar-refractivity contribution in [2.75, 3.05) is 41.3 Å². The number of benzene rings is 2. The molecule has 4 rings (SSSR count). The van der Waals surface area contributed by atoms with E-state index in [0.717, 1.165) is 38.3 Å². The number of nitrogens with one attached hydrogen (secondary N) is 1. The highest BCUT2D eigenvalue weighted by molar-refractivity contribution is 6.04. The van der Waals surface area contributed by atoms with Crippen molar-refractivity contribution < 1.29 is 13.6 Å². The van der Waals surface area contributed by atoms with Gasteiger partial charge >= 0.3 is 0 Å². The third-order valence-electron chi connectivity index (χ3n) is 4.91. The molecule has 0 spiro atoms. The largest absolute Gasteiger partial charge is 0.368 e. The lowest BCUT2D eigenvalue weighted by molar-refractivity contribution is 0.102. The number of aromatic nitrogens is 1. The fourth-order valence-corrected chi connectivity index (χ4v) is 3.35. The van der Waals surface area contributed by atoms with Gasteiger partial charge in [0.25, 0.3) is 5.91 Å². The highest BCUT2D eigenvalue weighted by atomic mass is 19.1. The molecule has 0 bridgehead atoms. The maximum atomic E-state index is 13.8. The van der Waals surface area contributed by atoms with Crippen molar-refractivity contribution >= 4 is 23.1 Å². The quantitative estimate of drug-likeness (QED) is 0.728.